The molecule has 240 valence electrons. The second-order valence-corrected chi connectivity index (χ2v) is 12.9. The second-order valence-electron chi connectivity index (χ2n) is 10.6. The Labute approximate surface area is 282 Å². The molecule has 3 aromatic carbocycles. The zero-order valence-electron chi connectivity index (χ0n) is 25.7. The summed E-state index contributed by atoms with van der Waals surface area (Å²) in [5.41, 5.74) is 2.42. The average Bonchev–Trinajstić information content (AvgIpc) is 3.30. The summed E-state index contributed by atoms with van der Waals surface area (Å²) in [6.45, 7) is 7.63. The van der Waals surface area contributed by atoms with Crippen molar-refractivity contribution in [2.24, 2.45) is 4.99 Å². The molecule has 1 atom stereocenters. The summed E-state index contributed by atoms with van der Waals surface area (Å²) < 4.78 is 38.5. The SMILES string of the molecule is CCOC(=O)C1=C(C)N=c2s/c(=C\c3cc(Cl)c(OCc4ccc(F)cc4)c(Br)c3)c(=O)n2[C@H]1c1ccc(OC(C)C)c(OC)c1. The third-order valence-corrected chi connectivity index (χ3v) is 8.85. The highest BCUT2D eigenvalue weighted by atomic mass is 79.9. The zero-order valence-corrected chi connectivity index (χ0v) is 28.9. The van der Waals surface area contributed by atoms with Crippen molar-refractivity contribution in [1.29, 1.82) is 0 Å². The van der Waals surface area contributed by atoms with E-state index in [9.17, 15) is 14.0 Å². The molecule has 0 saturated heterocycles. The van der Waals surface area contributed by atoms with Crippen LogP contribution in [0.15, 0.2) is 80.1 Å². The van der Waals surface area contributed by atoms with Gasteiger partial charge in [-0.1, -0.05) is 41.1 Å². The number of thiazole rings is 1. The average molecular weight is 730 g/mol. The molecule has 12 heteroatoms. The molecule has 0 bridgehead atoms. The largest absolute Gasteiger partial charge is 0.493 e. The molecule has 0 fully saturated rings. The van der Waals surface area contributed by atoms with E-state index in [0.717, 1.165) is 5.56 Å². The molecule has 0 aliphatic carbocycles. The molecule has 0 N–H and O–H groups in total. The molecule has 2 heterocycles. The normalized spacial score (nSPS) is 14.6. The summed E-state index contributed by atoms with van der Waals surface area (Å²) in [5, 5.41) is 0.324. The van der Waals surface area contributed by atoms with Crippen molar-refractivity contribution < 1.29 is 28.1 Å². The number of fused-ring (bicyclic) bond motifs is 1. The van der Waals surface area contributed by atoms with Crippen LogP contribution in [0.2, 0.25) is 5.02 Å². The highest BCUT2D eigenvalue weighted by Crippen LogP contribution is 2.37. The molecule has 0 spiro atoms. The molecular weight excluding hydrogens is 699 g/mol. The first-order valence-electron chi connectivity index (χ1n) is 14.4. The van der Waals surface area contributed by atoms with Gasteiger partial charge in [0.05, 0.1) is 51.2 Å². The van der Waals surface area contributed by atoms with Gasteiger partial charge in [0, 0.05) is 0 Å². The van der Waals surface area contributed by atoms with Crippen molar-refractivity contribution in [3.63, 3.8) is 0 Å². The van der Waals surface area contributed by atoms with Gasteiger partial charge in [-0.05, 0) is 103 Å². The highest BCUT2D eigenvalue weighted by molar-refractivity contribution is 9.10. The van der Waals surface area contributed by atoms with Crippen molar-refractivity contribution >= 4 is 50.9 Å². The van der Waals surface area contributed by atoms with Crippen LogP contribution in [0, 0.1) is 5.82 Å². The van der Waals surface area contributed by atoms with Crippen LogP contribution in [-0.4, -0.2) is 30.4 Å². The number of nitrogens with zero attached hydrogens (tertiary/aromatic N) is 2. The summed E-state index contributed by atoms with van der Waals surface area (Å²) in [4.78, 5) is 32.4. The van der Waals surface area contributed by atoms with Gasteiger partial charge >= 0.3 is 5.97 Å². The van der Waals surface area contributed by atoms with Gasteiger partial charge in [-0.3, -0.25) is 9.36 Å². The van der Waals surface area contributed by atoms with Gasteiger partial charge in [-0.25, -0.2) is 14.2 Å². The van der Waals surface area contributed by atoms with Crippen LogP contribution in [0.1, 0.15) is 50.4 Å². The monoisotopic (exact) mass is 728 g/mol. The van der Waals surface area contributed by atoms with Gasteiger partial charge in [0.25, 0.3) is 5.56 Å². The lowest BCUT2D eigenvalue weighted by Gasteiger charge is -2.25. The van der Waals surface area contributed by atoms with Gasteiger partial charge in [-0.15, -0.1) is 0 Å². The molecule has 8 nitrogen and oxygen atoms in total. The van der Waals surface area contributed by atoms with Gasteiger partial charge in [0.2, 0.25) is 0 Å². The second kappa shape index (κ2) is 14.2. The fourth-order valence-corrected chi connectivity index (χ4v) is 7.04. The first-order chi connectivity index (χ1) is 22.0. The fourth-order valence-electron chi connectivity index (χ4n) is 5.00. The van der Waals surface area contributed by atoms with Crippen molar-refractivity contribution in [3.8, 4) is 17.2 Å². The zero-order chi connectivity index (χ0) is 33.1. The Hall–Kier alpha value is -3.93. The maximum Gasteiger partial charge on any atom is 0.338 e. The van der Waals surface area contributed by atoms with Gasteiger partial charge in [0.15, 0.2) is 22.0 Å². The number of aromatic nitrogens is 1. The van der Waals surface area contributed by atoms with Crippen LogP contribution in [0.4, 0.5) is 4.39 Å². The molecule has 0 unspecified atom stereocenters. The maximum atomic E-state index is 14.1. The molecule has 4 aromatic rings. The van der Waals surface area contributed by atoms with Crippen molar-refractivity contribution in [2.45, 2.75) is 46.4 Å². The number of hydrogen-bond donors (Lipinski definition) is 0. The Bertz CT molecular complexity index is 1980. The maximum absolute atomic E-state index is 14.1. The molecule has 1 aromatic heterocycles. The van der Waals surface area contributed by atoms with Gasteiger partial charge in [0.1, 0.15) is 12.4 Å². The summed E-state index contributed by atoms with van der Waals surface area (Å²) in [6.07, 6.45) is 1.63. The van der Waals surface area contributed by atoms with E-state index in [2.05, 4.69) is 20.9 Å². The van der Waals surface area contributed by atoms with E-state index >= 15 is 0 Å². The Balaban J connectivity index is 1.57. The van der Waals surface area contributed by atoms with Crippen LogP contribution in [0.3, 0.4) is 0 Å². The minimum absolute atomic E-state index is 0.0846. The van der Waals surface area contributed by atoms with Crippen LogP contribution in [-0.2, 0) is 16.1 Å². The number of halogens is 3. The molecule has 0 amide bonds. The molecule has 46 heavy (non-hydrogen) atoms. The topological polar surface area (TPSA) is 88.4 Å². The summed E-state index contributed by atoms with van der Waals surface area (Å²) in [7, 11) is 1.54. The number of esters is 1. The summed E-state index contributed by atoms with van der Waals surface area (Å²) >= 11 is 11.3. The van der Waals surface area contributed by atoms with Crippen molar-refractivity contribution in [2.75, 3.05) is 13.7 Å². The standard InChI is InChI=1S/C34H31BrClFN2O6S/c1-6-43-33(41)29-19(4)38-34-39(30(29)22-9-12-26(45-18(2)3)27(16-22)42-5)32(40)28(46-34)15-21-13-24(35)31(25(36)14-21)44-17-20-7-10-23(37)11-8-20/h7-16,18,30H,6,17H2,1-5H3/b28-15-/t30-/m0/s1. The van der Waals surface area contributed by atoms with E-state index in [-0.39, 0.29) is 36.3 Å². The van der Waals surface area contributed by atoms with E-state index < -0.39 is 12.0 Å². The number of allylic oxidation sites excluding steroid dienone is 1. The summed E-state index contributed by atoms with van der Waals surface area (Å²) in [6, 6.07) is 14.0. The molecule has 0 radical (unpaired) electrons. The Morgan fingerprint density at radius 2 is 1.89 bits per heavy atom. The molecule has 1 aliphatic heterocycles. The number of methoxy groups -OCH3 is 1. The fraction of sp³-hybridized carbons (Fsp3) is 0.265. The Morgan fingerprint density at radius 1 is 1.15 bits per heavy atom. The van der Waals surface area contributed by atoms with E-state index in [1.165, 1.54) is 35.1 Å². The first kappa shape index (κ1) is 33.4. The smallest absolute Gasteiger partial charge is 0.338 e. The first-order valence-corrected chi connectivity index (χ1v) is 16.4. The van der Waals surface area contributed by atoms with Crippen LogP contribution < -0.4 is 29.1 Å². The lowest BCUT2D eigenvalue weighted by Crippen LogP contribution is -2.40. The molecular formula is C34H31BrClFN2O6S. The van der Waals surface area contributed by atoms with Gasteiger partial charge in [-0.2, -0.15) is 0 Å². The van der Waals surface area contributed by atoms with Crippen LogP contribution >= 0.6 is 38.9 Å². The third-order valence-electron chi connectivity index (χ3n) is 7.00. The number of hydrogen-bond acceptors (Lipinski definition) is 8. The number of rotatable bonds is 10. The molecule has 5 rings (SSSR count). The highest BCUT2D eigenvalue weighted by Gasteiger charge is 2.34. The minimum Gasteiger partial charge on any atom is -0.493 e. The van der Waals surface area contributed by atoms with Crippen LogP contribution in [0.5, 0.6) is 17.2 Å². The van der Waals surface area contributed by atoms with E-state index in [0.29, 0.717) is 52.9 Å². The summed E-state index contributed by atoms with van der Waals surface area (Å²) in [5.74, 6) is 0.534. The lowest BCUT2D eigenvalue weighted by atomic mass is 9.95. The minimum atomic E-state index is -0.822. The molecule has 1 aliphatic rings. The lowest BCUT2D eigenvalue weighted by molar-refractivity contribution is -0.139. The quantitative estimate of drug-likeness (QED) is 0.168. The number of ether oxygens (including phenoxy) is 4. The molecule has 0 saturated carbocycles. The predicted octanol–water partition coefficient (Wildman–Crippen LogP) is 6.73. The predicted molar refractivity (Wildman–Crippen MR) is 179 cm³/mol. The number of carbonyl (C=O) groups excluding carboxylic acids is 1. The van der Waals surface area contributed by atoms with E-state index in [1.54, 1.807) is 56.3 Å². The Kier molecular flexibility index (Phi) is 10.3. The van der Waals surface area contributed by atoms with Crippen molar-refractivity contribution in [1.82, 2.24) is 4.57 Å². The van der Waals surface area contributed by atoms with E-state index in [4.69, 9.17) is 30.5 Å². The third kappa shape index (κ3) is 7.06. The number of benzene rings is 3. The van der Waals surface area contributed by atoms with Crippen molar-refractivity contribution in [3.05, 3.63) is 118 Å². The number of carbonyl (C=O) groups is 1. The van der Waals surface area contributed by atoms with E-state index in [1.807, 2.05) is 19.9 Å². The Morgan fingerprint density at radius 3 is 2.54 bits per heavy atom. The van der Waals surface area contributed by atoms with Gasteiger partial charge < -0.3 is 18.9 Å². The van der Waals surface area contributed by atoms with Crippen LogP contribution in [0.25, 0.3) is 6.08 Å².